The van der Waals surface area contributed by atoms with Gasteiger partial charge in [0.2, 0.25) is 0 Å². The normalized spacial score (nSPS) is 11.8. The van der Waals surface area contributed by atoms with E-state index in [0.29, 0.717) is 22.8 Å². The molecule has 0 aliphatic carbocycles. The molecular formula is C18H18FN5O2. The summed E-state index contributed by atoms with van der Waals surface area (Å²) in [5, 5.41) is 10.6. The molecule has 8 heteroatoms. The lowest BCUT2D eigenvalue weighted by Gasteiger charge is -2.14. The minimum atomic E-state index is -0.691. The number of amides is 1. The summed E-state index contributed by atoms with van der Waals surface area (Å²) < 4.78 is 20.1. The van der Waals surface area contributed by atoms with Crippen molar-refractivity contribution < 1.29 is 13.9 Å². The Morgan fingerprint density at radius 2 is 2.00 bits per heavy atom. The van der Waals surface area contributed by atoms with Crippen molar-refractivity contribution in [1.29, 1.82) is 0 Å². The second kappa shape index (κ2) is 7.22. The zero-order valence-corrected chi connectivity index (χ0v) is 14.3. The number of halogens is 1. The van der Waals surface area contributed by atoms with E-state index in [-0.39, 0.29) is 5.82 Å². The Hall–Kier alpha value is -3.42. The van der Waals surface area contributed by atoms with Gasteiger partial charge in [0.1, 0.15) is 17.6 Å². The number of anilines is 2. The molecule has 7 nitrogen and oxygen atoms in total. The first-order chi connectivity index (χ1) is 12.4. The number of nitrogens with zero attached hydrogens (tertiary/aromatic N) is 3. The Labute approximate surface area is 149 Å². The van der Waals surface area contributed by atoms with Gasteiger partial charge in [-0.1, -0.05) is 29.5 Å². The van der Waals surface area contributed by atoms with E-state index < -0.39 is 12.2 Å². The van der Waals surface area contributed by atoms with Gasteiger partial charge in [0.05, 0.1) is 0 Å². The smallest absolute Gasteiger partial charge is 0.413 e. The van der Waals surface area contributed by atoms with Crippen LogP contribution in [0.5, 0.6) is 0 Å². The zero-order chi connectivity index (χ0) is 18.7. The highest BCUT2D eigenvalue weighted by molar-refractivity contribution is 5.88. The predicted octanol–water partition coefficient (Wildman–Crippen LogP) is 3.51. The van der Waals surface area contributed by atoms with Crippen LogP contribution in [0.2, 0.25) is 0 Å². The number of nitrogens with one attached hydrogen (secondary N) is 1. The average Bonchev–Trinajstić information content (AvgIpc) is 2.96. The molecule has 26 heavy (non-hydrogen) atoms. The van der Waals surface area contributed by atoms with Gasteiger partial charge in [0.15, 0.2) is 5.82 Å². The van der Waals surface area contributed by atoms with Gasteiger partial charge in [-0.2, -0.15) is 0 Å². The van der Waals surface area contributed by atoms with Crippen LogP contribution < -0.4 is 11.1 Å². The zero-order valence-electron chi connectivity index (χ0n) is 14.3. The Kier molecular flexibility index (Phi) is 4.83. The first-order valence-corrected chi connectivity index (χ1v) is 7.92. The predicted molar refractivity (Wildman–Crippen MR) is 95.8 cm³/mol. The monoisotopic (exact) mass is 355 g/mol. The van der Waals surface area contributed by atoms with Crippen molar-refractivity contribution in [2.24, 2.45) is 7.05 Å². The number of carbonyl (C=O) groups excluding carboxylic acids is 1. The molecule has 3 rings (SSSR count). The Balaban J connectivity index is 1.75. The molecule has 0 saturated carbocycles. The molecule has 1 heterocycles. The molecule has 3 N–H and O–H groups in total. The summed E-state index contributed by atoms with van der Waals surface area (Å²) in [6.07, 6.45) is -1.31. The van der Waals surface area contributed by atoms with Gasteiger partial charge in [-0.3, -0.25) is 5.32 Å². The largest absolute Gasteiger partial charge is 0.441 e. The van der Waals surface area contributed by atoms with E-state index in [4.69, 9.17) is 10.5 Å². The van der Waals surface area contributed by atoms with Crippen LogP contribution in [-0.2, 0) is 11.8 Å². The lowest BCUT2D eigenvalue weighted by Crippen LogP contribution is -2.18. The van der Waals surface area contributed by atoms with Gasteiger partial charge in [-0.15, -0.1) is 5.10 Å². The third-order valence-electron chi connectivity index (χ3n) is 3.83. The number of carbonyl (C=O) groups is 1. The number of ether oxygens (including phenoxy) is 1. The maximum absolute atomic E-state index is 13.3. The van der Waals surface area contributed by atoms with Crippen LogP contribution in [0.1, 0.15) is 18.6 Å². The Morgan fingerprint density at radius 1 is 1.27 bits per heavy atom. The van der Waals surface area contributed by atoms with Crippen molar-refractivity contribution in [3.63, 3.8) is 0 Å². The molecule has 0 spiro atoms. The van der Waals surface area contributed by atoms with E-state index in [0.717, 1.165) is 5.56 Å². The van der Waals surface area contributed by atoms with Crippen molar-refractivity contribution >= 4 is 17.6 Å². The summed E-state index contributed by atoms with van der Waals surface area (Å²) in [4.78, 5) is 12.3. The number of aromatic nitrogens is 3. The van der Waals surface area contributed by atoms with E-state index in [1.807, 2.05) is 0 Å². The SMILES string of the molecule is CC(OC(=O)Nc1c(-c2ccc(N)cc2)nnn1C)c1cccc(F)c1. The third-order valence-corrected chi connectivity index (χ3v) is 3.83. The molecule has 1 unspecified atom stereocenters. The van der Waals surface area contributed by atoms with Crippen LogP contribution in [0.3, 0.4) is 0 Å². The van der Waals surface area contributed by atoms with Gasteiger partial charge >= 0.3 is 6.09 Å². The lowest BCUT2D eigenvalue weighted by molar-refractivity contribution is 0.121. The summed E-state index contributed by atoms with van der Waals surface area (Å²) in [6, 6.07) is 12.9. The summed E-state index contributed by atoms with van der Waals surface area (Å²) >= 11 is 0. The summed E-state index contributed by atoms with van der Waals surface area (Å²) in [6.45, 7) is 1.66. The molecule has 1 atom stereocenters. The second-order valence-electron chi connectivity index (χ2n) is 5.76. The second-order valence-corrected chi connectivity index (χ2v) is 5.76. The molecule has 0 fully saturated rings. The minimum absolute atomic E-state index is 0.381. The fourth-order valence-corrected chi connectivity index (χ4v) is 2.45. The van der Waals surface area contributed by atoms with Gasteiger partial charge in [-0.25, -0.2) is 13.9 Å². The first kappa shape index (κ1) is 17.4. The molecule has 0 aliphatic rings. The third kappa shape index (κ3) is 3.80. The van der Waals surface area contributed by atoms with E-state index in [1.165, 1.54) is 16.8 Å². The van der Waals surface area contributed by atoms with E-state index in [9.17, 15) is 9.18 Å². The van der Waals surface area contributed by atoms with Gasteiger partial charge in [-0.05, 0) is 36.8 Å². The van der Waals surface area contributed by atoms with E-state index >= 15 is 0 Å². The summed E-state index contributed by atoms with van der Waals surface area (Å²) in [5.41, 5.74) is 8.11. The summed E-state index contributed by atoms with van der Waals surface area (Å²) in [7, 11) is 1.65. The molecule has 2 aromatic carbocycles. The molecule has 0 aliphatic heterocycles. The van der Waals surface area contributed by atoms with Gasteiger partial charge in [0, 0.05) is 18.3 Å². The number of hydrogen-bond donors (Lipinski definition) is 2. The molecule has 1 aromatic heterocycles. The van der Waals surface area contributed by atoms with E-state index in [2.05, 4.69) is 15.6 Å². The maximum atomic E-state index is 13.3. The fraction of sp³-hybridized carbons (Fsp3) is 0.167. The molecule has 0 radical (unpaired) electrons. The highest BCUT2D eigenvalue weighted by Gasteiger charge is 2.18. The number of benzene rings is 2. The van der Waals surface area contributed by atoms with E-state index in [1.54, 1.807) is 50.4 Å². The van der Waals surface area contributed by atoms with Gasteiger partial charge < -0.3 is 10.5 Å². The van der Waals surface area contributed by atoms with Crippen molar-refractivity contribution in [3.05, 3.63) is 59.9 Å². The molecular weight excluding hydrogens is 337 g/mol. The molecule has 1 amide bonds. The van der Waals surface area contributed by atoms with Crippen molar-refractivity contribution in [2.75, 3.05) is 11.1 Å². The van der Waals surface area contributed by atoms with Crippen LogP contribution in [0.4, 0.5) is 20.7 Å². The molecule has 134 valence electrons. The highest BCUT2D eigenvalue weighted by Crippen LogP contribution is 2.26. The first-order valence-electron chi connectivity index (χ1n) is 7.92. The number of nitrogen functional groups attached to an aromatic ring is 1. The average molecular weight is 355 g/mol. The van der Waals surface area contributed by atoms with Crippen LogP contribution in [0, 0.1) is 5.82 Å². The number of aryl methyl sites for hydroxylation is 1. The van der Waals surface area contributed by atoms with Crippen molar-refractivity contribution in [1.82, 2.24) is 15.0 Å². The number of nitrogens with two attached hydrogens (primary N) is 1. The standard InChI is InChI=1S/C18H18FN5O2/c1-11(13-4-3-5-14(19)10-13)26-18(25)21-17-16(22-23-24(17)2)12-6-8-15(20)9-7-12/h3-11H,20H2,1-2H3,(H,21,25). The highest BCUT2D eigenvalue weighted by atomic mass is 19.1. The quantitative estimate of drug-likeness (QED) is 0.698. The molecule has 3 aromatic rings. The maximum Gasteiger partial charge on any atom is 0.413 e. The van der Waals surface area contributed by atoms with Crippen molar-refractivity contribution in [2.45, 2.75) is 13.0 Å². The van der Waals surface area contributed by atoms with Crippen molar-refractivity contribution in [3.8, 4) is 11.3 Å². The number of rotatable bonds is 4. The topological polar surface area (TPSA) is 95.1 Å². The minimum Gasteiger partial charge on any atom is -0.441 e. The Morgan fingerprint density at radius 3 is 2.69 bits per heavy atom. The van der Waals surface area contributed by atoms with Crippen LogP contribution in [0.15, 0.2) is 48.5 Å². The molecule has 0 bridgehead atoms. The number of hydrogen-bond acceptors (Lipinski definition) is 5. The Bertz CT molecular complexity index is 924. The summed E-state index contributed by atoms with van der Waals surface area (Å²) in [5.74, 6) is -0.00829. The fourth-order valence-electron chi connectivity index (χ4n) is 2.45. The van der Waals surface area contributed by atoms with Crippen LogP contribution in [-0.4, -0.2) is 21.1 Å². The lowest BCUT2D eigenvalue weighted by atomic mass is 10.1. The van der Waals surface area contributed by atoms with Crippen LogP contribution in [0.25, 0.3) is 11.3 Å². The van der Waals surface area contributed by atoms with Crippen LogP contribution >= 0.6 is 0 Å². The van der Waals surface area contributed by atoms with Gasteiger partial charge in [0.25, 0.3) is 0 Å². The molecule has 0 saturated heterocycles.